The number of hydrogen-bond acceptors (Lipinski definition) is 2. The highest BCUT2D eigenvalue weighted by atomic mass is 19.4. The fourth-order valence-electron chi connectivity index (χ4n) is 1.87. The van der Waals surface area contributed by atoms with E-state index in [-0.39, 0.29) is 11.8 Å². The van der Waals surface area contributed by atoms with Crippen molar-refractivity contribution in [3.05, 3.63) is 29.8 Å². The van der Waals surface area contributed by atoms with Gasteiger partial charge in [-0.2, -0.15) is 13.2 Å². The summed E-state index contributed by atoms with van der Waals surface area (Å²) < 4.78 is 37.0. The summed E-state index contributed by atoms with van der Waals surface area (Å²) in [5, 5.41) is 5.67. The van der Waals surface area contributed by atoms with Crippen LogP contribution >= 0.6 is 0 Å². The quantitative estimate of drug-likeness (QED) is 0.854. The van der Waals surface area contributed by atoms with Crippen molar-refractivity contribution in [2.75, 3.05) is 18.4 Å². The van der Waals surface area contributed by atoms with Crippen LogP contribution in [0.5, 0.6) is 0 Å². The summed E-state index contributed by atoms with van der Waals surface area (Å²) in [4.78, 5) is 11.7. The number of alkyl halides is 3. The second-order valence-corrected chi connectivity index (χ2v) is 4.25. The molecule has 0 aliphatic carbocycles. The van der Waals surface area contributed by atoms with Crippen molar-refractivity contribution in [1.82, 2.24) is 5.32 Å². The molecule has 1 aliphatic rings. The molecule has 1 fully saturated rings. The van der Waals surface area contributed by atoms with Gasteiger partial charge < -0.3 is 10.6 Å². The first-order valence-electron chi connectivity index (χ1n) is 5.65. The number of hydrogen-bond donors (Lipinski definition) is 2. The average Bonchev–Trinajstić information content (AvgIpc) is 2.82. The number of amides is 1. The van der Waals surface area contributed by atoms with Crippen LogP contribution in [-0.2, 0) is 11.0 Å². The maximum atomic E-state index is 12.3. The van der Waals surface area contributed by atoms with Crippen LogP contribution in [0.1, 0.15) is 12.0 Å². The van der Waals surface area contributed by atoms with Crippen LogP contribution in [-0.4, -0.2) is 19.0 Å². The van der Waals surface area contributed by atoms with Gasteiger partial charge in [0.15, 0.2) is 0 Å². The van der Waals surface area contributed by atoms with E-state index in [4.69, 9.17) is 0 Å². The first-order valence-corrected chi connectivity index (χ1v) is 5.65. The molecule has 1 saturated heterocycles. The van der Waals surface area contributed by atoms with Crippen LogP contribution in [0.4, 0.5) is 18.9 Å². The molecule has 6 heteroatoms. The fraction of sp³-hybridized carbons (Fsp3) is 0.417. The minimum absolute atomic E-state index is 0.104. The van der Waals surface area contributed by atoms with Crippen LogP contribution < -0.4 is 10.6 Å². The summed E-state index contributed by atoms with van der Waals surface area (Å²) in [5.41, 5.74) is -0.331. The third-order valence-corrected chi connectivity index (χ3v) is 2.91. The molecule has 98 valence electrons. The van der Waals surface area contributed by atoms with Gasteiger partial charge in [0.1, 0.15) is 0 Å². The minimum Gasteiger partial charge on any atom is -0.326 e. The first kappa shape index (κ1) is 12.9. The van der Waals surface area contributed by atoms with Crippen molar-refractivity contribution < 1.29 is 18.0 Å². The topological polar surface area (TPSA) is 41.1 Å². The molecule has 0 spiro atoms. The van der Waals surface area contributed by atoms with Gasteiger partial charge in [-0.3, -0.25) is 4.79 Å². The molecule has 1 aromatic rings. The van der Waals surface area contributed by atoms with Crippen molar-refractivity contribution >= 4 is 11.6 Å². The van der Waals surface area contributed by atoms with Crippen LogP contribution in [0.2, 0.25) is 0 Å². The molecule has 0 radical (unpaired) electrons. The van der Waals surface area contributed by atoms with Gasteiger partial charge in [0.05, 0.1) is 11.5 Å². The highest BCUT2D eigenvalue weighted by Gasteiger charge is 2.30. The van der Waals surface area contributed by atoms with Crippen molar-refractivity contribution in [3.8, 4) is 0 Å². The Morgan fingerprint density at radius 2 is 1.94 bits per heavy atom. The number of anilines is 1. The predicted molar refractivity (Wildman–Crippen MR) is 61.1 cm³/mol. The van der Waals surface area contributed by atoms with Gasteiger partial charge in [0, 0.05) is 12.2 Å². The zero-order valence-electron chi connectivity index (χ0n) is 9.55. The molecule has 1 amide bonds. The molecule has 18 heavy (non-hydrogen) atoms. The summed E-state index contributed by atoms with van der Waals surface area (Å²) in [7, 11) is 0. The van der Waals surface area contributed by atoms with E-state index < -0.39 is 11.7 Å². The van der Waals surface area contributed by atoms with Gasteiger partial charge in [-0.1, -0.05) is 0 Å². The molecule has 1 aliphatic heterocycles. The van der Waals surface area contributed by atoms with Gasteiger partial charge >= 0.3 is 6.18 Å². The molecule has 1 aromatic carbocycles. The molecule has 1 heterocycles. The molecule has 1 unspecified atom stereocenters. The summed E-state index contributed by atoms with van der Waals surface area (Å²) in [6.45, 7) is 1.41. The summed E-state index contributed by atoms with van der Waals surface area (Å²) in [5.74, 6) is -0.257. The highest BCUT2D eigenvalue weighted by molar-refractivity contribution is 5.92. The summed E-state index contributed by atoms with van der Waals surface area (Å²) in [6.07, 6.45) is -3.59. The monoisotopic (exact) mass is 258 g/mol. The second-order valence-electron chi connectivity index (χ2n) is 4.25. The Bertz CT molecular complexity index is 422. The number of carbonyl (C=O) groups excluding carboxylic acids is 1. The fourth-order valence-corrected chi connectivity index (χ4v) is 1.87. The van der Waals surface area contributed by atoms with Gasteiger partial charge in [-0.25, -0.2) is 0 Å². The van der Waals surface area contributed by atoms with Gasteiger partial charge in [-0.15, -0.1) is 0 Å². The molecule has 0 bridgehead atoms. The van der Waals surface area contributed by atoms with E-state index in [9.17, 15) is 18.0 Å². The normalized spacial score (nSPS) is 19.8. The standard InChI is InChI=1S/C12H13F3N2O/c13-12(14,15)9-1-3-10(4-2-9)17-11(18)8-5-6-16-7-8/h1-4,8,16H,5-7H2,(H,17,18). The molecule has 1 atom stereocenters. The van der Waals surface area contributed by atoms with Gasteiger partial charge in [0.25, 0.3) is 0 Å². The largest absolute Gasteiger partial charge is 0.416 e. The smallest absolute Gasteiger partial charge is 0.326 e. The van der Waals surface area contributed by atoms with Gasteiger partial charge in [0.2, 0.25) is 5.91 Å². The van der Waals surface area contributed by atoms with E-state index in [0.717, 1.165) is 25.1 Å². The Labute approximate surface area is 102 Å². The molecular formula is C12H13F3N2O. The number of carbonyl (C=O) groups is 1. The number of rotatable bonds is 2. The van der Waals surface area contributed by atoms with Crippen LogP contribution in [0.3, 0.4) is 0 Å². The highest BCUT2D eigenvalue weighted by Crippen LogP contribution is 2.29. The summed E-state index contributed by atoms with van der Waals surface area (Å²) in [6, 6.07) is 4.46. The minimum atomic E-state index is -4.35. The van der Waals surface area contributed by atoms with E-state index in [2.05, 4.69) is 10.6 Å². The zero-order chi connectivity index (χ0) is 13.2. The lowest BCUT2D eigenvalue weighted by molar-refractivity contribution is -0.137. The molecular weight excluding hydrogens is 245 g/mol. The van der Waals surface area contributed by atoms with E-state index in [1.807, 2.05) is 0 Å². The maximum absolute atomic E-state index is 12.3. The first-order chi connectivity index (χ1) is 8.47. The Kier molecular flexibility index (Phi) is 3.56. The Hall–Kier alpha value is -1.56. The lowest BCUT2D eigenvalue weighted by Gasteiger charge is -2.11. The third kappa shape index (κ3) is 3.01. The van der Waals surface area contributed by atoms with E-state index in [1.54, 1.807) is 0 Å². The molecule has 0 aromatic heterocycles. The lowest BCUT2D eigenvalue weighted by atomic mass is 10.1. The Morgan fingerprint density at radius 1 is 1.28 bits per heavy atom. The Morgan fingerprint density at radius 3 is 2.44 bits per heavy atom. The number of halogens is 3. The maximum Gasteiger partial charge on any atom is 0.416 e. The second kappa shape index (κ2) is 4.97. The van der Waals surface area contributed by atoms with Crippen molar-refractivity contribution in [1.29, 1.82) is 0 Å². The van der Waals surface area contributed by atoms with Crippen LogP contribution in [0, 0.1) is 5.92 Å². The third-order valence-electron chi connectivity index (χ3n) is 2.91. The average molecular weight is 258 g/mol. The van der Waals surface area contributed by atoms with Crippen molar-refractivity contribution in [3.63, 3.8) is 0 Å². The number of benzene rings is 1. The summed E-state index contributed by atoms with van der Waals surface area (Å²) >= 11 is 0. The predicted octanol–water partition coefficient (Wildman–Crippen LogP) is 2.25. The number of nitrogens with one attached hydrogen (secondary N) is 2. The van der Waals surface area contributed by atoms with Crippen LogP contribution in [0.25, 0.3) is 0 Å². The van der Waals surface area contributed by atoms with Gasteiger partial charge in [-0.05, 0) is 37.2 Å². The Balaban J connectivity index is 2.00. The molecule has 3 nitrogen and oxygen atoms in total. The molecule has 0 saturated carbocycles. The van der Waals surface area contributed by atoms with Crippen molar-refractivity contribution in [2.45, 2.75) is 12.6 Å². The zero-order valence-corrected chi connectivity index (χ0v) is 9.55. The van der Waals surface area contributed by atoms with Crippen molar-refractivity contribution in [2.24, 2.45) is 5.92 Å². The van der Waals surface area contributed by atoms with E-state index >= 15 is 0 Å². The van der Waals surface area contributed by atoms with Crippen LogP contribution in [0.15, 0.2) is 24.3 Å². The SMILES string of the molecule is O=C(Nc1ccc(C(F)(F)F)cc1)C1CCNC1. The van der Waals surface area contributed by atoms with E-state index in [1.165, 1.54) is 12.1 Å². The lowest BCUT2D eigenvalue weighted by Crippen LogP contribution is -2.24. The van der Waals surface area contributed by atoms with E-state index in [0.29, 0.717) is 12.2 Å². The molecule has 2 rings (SSSR count). The molecule has 2 N–H and O–H groups in total.